The maximum atomic E-state index is 12.8. The Morgan fingerprint density at radius 2 is 2.00 bits per heavy atom. The fraction of sp³-hybridized carbons (Fsp3) is 0.0526. The lowest BCUT2D eigenvalue weighted by atomic mass is 10.2. The molecule has 0 radical (unpaired) electrons. The lowest BCUT2D eigenvalue weighted by Crippen LogP contribution is -2.23. The maximum absolute atomic E-state index is 12.8. The zero-order valence-corrected chi connectivity index (χ0v) is 15.6. The molecular formula is C19H13N5O4S. The fourth-order valence-electron chi connectivity index (χ4n) is 3.10. The number of pyridine rings is 1. The fourth-order valence-corrected chi connectivity index (χ4v) is 4.29. The third kappa shape index (κ3) is 2.90. The molecule has 144 valence electrons. The first-order valence-electron chi connectivity index (χ1n) is 8.60. The van der Waals surface area contributed by atoms with Crippen molar-refractivity contribution in [2.75, 3.05) is 0 Å². The Morgan fingerprint density at radius 3 is 2.83 bits per heavy atom. The van der Waals surface area contributed by atoms with Crippen LogP contribution < -0.4 is 5.56 Å². The van der Waals surface area contributed by atoms with Gasteiger partial charge in [-0.25, -0.2) is 18.1 Å². The molecule has 5 aromatic rings. The number of hydrogen-bond acceptors (Lipinski definition) is 7. The lowest BCUT2D eigenvalue weighted by molar-refractivity contribution is 0.592. The van der Waals surface area contributed by atoms with Gasteiger partial charge in [0.1, 0.15) is 5.52 Å². The summed E-state index contributed by atoms with van der Waals surface area (Å²) in [5, 5.41) is 11.1. The Bertz CT molecular complexity index is 1520. The number of fused-ring (bicyclic) bond motifs is 2. The monoisotopic (exact) mass is 407 g/mol. The molecule has 0 aliphatic heterocycles. The Labute approximate surface area is 163 Å². The van der Waals surface area contributed by atoms with Gasteiger partial charge in [-0.2, -0.15) is 10.2 Å². The van der Waals surface area contributed by atoms with E-state index in [0.29, 0.717) is 27.6 Å². The van der Waals surface area contributed by atoms with Crippen LogP contribution in [0.5, 0.6) is 0 Å². The van der Waals surface area contributed by atoms with Gasteiger partial charge in [-0.15, -0.1) is 0 Å². The summed E-state index contributed by atoms with van der Waals surface area (Å²) in [5.41, 5.74) is 1.69. The minimum Gasteiger partial charge on any atom is -0.463 e. The van der Waals surface area contributed by atoms with Gasteiger partial charge in [-0.05, 0) is 36.4 Å². The van der Waals surface area contributed by atoms with Crippen molar-refractivity contribution in [1.82, 2.24) is 25.0 Å². The van der Waals surface area contributed by atoms with Crippen molar-refractivity contribution in [3.05, 3.63) is 77.2 Å². The standard InChI is InChI=1S/C19H13N5O4S/c25-19-15-3-2-14(29(26,27)18-5-7-20-23-18)9-12(15)10-21-24(19)11-13-1-4-17-16(22-13)6-8-28-17/h1-10H,11H2,(H,20,23). The largest absolute Gasteiger partial charge is 0.463 e. The molecule has 5 rings (SSSR count). The van der Waals surface area contributed by atoms with Crippen LogP contribution in [0.2, 0.25) is 0 Å². The minimum absolute atomic E-state index is 0.0446. The molecule has 0 saturated carbocycles. The number of sulfone groups is 1. The highest BCUT2D eigenvalue weighted by molar-refractivity contribution is 7.91. The van der Waals surface area contributed by atoms with Crippen molar-refractivity contribution in [3.63, 3.8) is 0 Å². The van der Waals surface area contributed by atoms with Gasteiger partial charge >= 0.3 is 0 Å². The zero-order valence-electron chi connectivity index (χ0n) is 14.8. The molecule has 0 atom stereocenters. The van der Waals surface area contributed by atoms with Gasteiger partial charge in [0.15, 0.2) is 10.6 Å². The van der Waals surface area contributed by atoms with Crippen molar-refractivity contribution in [2.45, 2.75) is 16.5 Å². The predicted octanol–water partition coefficient (Wildman–Crippen LogP) is 2.14. The minimum atomic E-state index is -3.77. The molecule has 0 spiro atoms. The smallest absolute Gasteiger partial charge is 0.274 e. The molecule has 4 aromatic heterocycles. The highest BCUT2D eigenvalue weighted by atomic mass is 32.2. The summed E-state index contributed by atoms with van der Waals surface area (Å²) in [6, 6.07) is 11.0. The van der Waals surface area contributed by atoms with Crippen LogP contribution in [0.15, 0.2) is 80.3 Å². The molecule has 10 heteroatoms. The molecule has 1 aromatic carbocycles. The number of nitrogens with one attached hydrogen (secondary N) is 1. The van der Waals surface area contributed by atoms with Crippen molar-refractivity contribution >= 4 is 31.7 Å². The number of aromatic amines is 1. The highest BCUT2D eigenvalue weighted by Gasteiger charge is 2.20. The molecule has 0 saturated heterocycles. The summed E-state index contributed by atoms with van der Waals surface area (Å²) in [5.74, 6) is 0. The third-order valence-electron chi connectivity index (χ3n) is 4.56. The summed E-state index contributed by atoms with van der Waals surface area (Å²) in [6.45, 7) is 0.184. The van der Waals surface area contributed by atoms with Crippen LogP contribution in [0.3, 0.4) is 0 Å². The number of benzene rings is 1. The van der Waals surface area contributed by atoms with E-state index in [1.54, 1.807) is 24.5 Å². The van der Waals surface area contributed by atoms with Crippen molar-refractivity contribution in [3.8, 4) is 0 Å². The molecule has 0 unspecified atom stereocenters. The summed E-state index contributed by atoms with van der Waals surface area (Å²) in [6.07, 6.45) is 4.45. The van der Waals surface area contributed by atoms with Crippen LogP contribution in [-0.4, -0.2) is 33.4 Å². The second kappa shape index (κ2) is 6.38. The molecule has 4 heterocycles. The van der Waals surface area contributed by atoms with Gasteiger partial charge in [-0.3, -0.25) is 9.89 Å². The van der Waals surface area contributed by atoms with E-state index < -0.39 is 9.84 Å². The van der Waals surface area contributed by atoms with Gasteiger partial charge in [0.05, 0.1) is 35.0 Å². The van der Waals surface area contributed by atoms with Gasteiger partial charge in [0.25, 0.3) is 5.56 Å². The van der Waals surface area contributed by atoms with E-state index in [-0.39, 0.29) is 22.0 Å². The number of nitrogens with zero attached hydrogens (tertiary/aromatic N) is 4. The predicted molar refractivity (Wildman–Crippen MR) is 103 cm³/mol. The van der Waals surface area contributed by atoms with E-state index in [1.165, 1.54) is 41.3 Å². The molecule has 0 bridgehead atoms. The summed E-state index contributed by atoms with van der Waals surface area (Å²) < 4.78 is 31.8. The van der Waals surface area contributed by atoms with E-state index >= 15 is 0 Å². The quantitative estimate of drug-likeness (QED) is 0.484. The van der Waals surface area contributed by atoms with Crippen LogP contribution in [0.4, 0.5) is 0 Å². The molecule has 0 aliphatic carbocycles. The molecule has 0 fully saturated rings. The van der Waals surface area contributed by atoms with Gasteiger partial charge in [0.2, 0.25) is 9.84 Å². The number of furan rings is 1. The van der Waals surface area contributed by atoms with Crippen molar-refractivity contribution in [2.24, 2.45) is 0 Å². The average Bonchev–Trinajstić information content (AvgIpc) is 3.41. The van der Waals surface area contributed by atoms with E-state index in [4.69, 9.17) is 4.42 Å². The Morgan fingerprint density at radius 1 is 1.10 bits per heavy atom. The number of rotatable bonds is 4. The number of H-pyrrole nitrogens is 1. The molecule has 1 N–H and O–H groups in total. The summed E-state index contributed by atoms with van der Waals surface area (Å²) in [4.78, 5) is 17.3. The SMILES string of the molecule is O=c1c2ccc(S(=O)(=O)c3cc[nH]n3)cc2cnn1Cc1ccc2occc2n1. The van der Waals surface area contributed by atoms with Crippen LogP contribution in [0.25, 0.3) is 21.9 Å². The lowest BCUT2D eigenvalue weighted by Gasteiger charge is -2.07. The molecular weight excluding hydrogens is 394 g/mol. The highest BCUT2D eigenvalue weighted by Crippen LogP contribution is 2.22. The zero-order chi connectivity index (χ0) is 20.0. The second-order valence-electron chi connectivity index (χ2n) is 6.38. The molecule has 9 nitrogen and oxygen atoms in total. The van der Waals surface area contributed by atoms with E-state index in [0.717, 1.165) is 0 Å². The second-order valence-corrected chi connectivity index (χ2v) is 8.28. The molecule has 0 aliphatic rings. The Kier molecular flexibility index (Phi) is 3.81. The molecule has 0 amide bonds. The third-order valence-corrected chi connectivity index (χ3v) is 6.21. The van der Waals surface area contributed by atoms with E-state index in [1.807, 2.05) is 0 Å². The maximum Gasteiger partial charge on any atom is 0.274 e. The first-order chi connectivity index (χ1) is 14.0. The Hall–Kier alpha value is -3.79. The molecule has 29 heavy (non-hydrogen) atoms. The Balaban J connectivity index is 1.54. The van der Waals surface area contributed by atoms with Crippen molar-refractivity contribution < 1.29 is 12.8 Å². The summed E-state index contributed by atoms with van der Waals surface area (Å²) >= 11 is 0. The topological polar surface area (TPSA) is 124 Å². The van der Waals surface area contributed by atoms with E-state index in [2.05, 4.69) is 20.3 Å². The average molecular weight is 407 g/mol. The first-order valence-corrected chi connectivity index (χ1v) is 10.1. The normalized spacial score (nSPS) is 12.0. The van der Waals surface area contributed by atoms with Gasteiger partial charge in [-0.1, -0.05) is 0 Å². The van der Waals surface area contributed by atoms with Crippen LogP contribution >= 0.6 is 0 Å². The van der Waals surface area contributed by atoms with E-state index in [9.17, 15) is 13.2 Å². The van der Waals surface area contributed by atoms with Crippen LogP contribution in [-0.2, 0) is 16.4 Å². The first kappa shape index (κ1) is 17.3. The number of aromatic nitrogens is 5. The van der Waals surface area contributed by atoms with Gasteiger partial charge < -0.3 is 4.42 Å². The number of hydrogen-bond donors (Lipinski definition) is 1. The summed E-state index contributed by atoms with van der Waals surface area (Å²) in [7, 11) is -3.77. The van der Waals surface area contributed by atoms with Crippen molar-refractivity contribution in [1.29, 1.82) is 0 Å². The van der Waals surface area contributed by atoms with Crippen LogP contribution in [0.1, 0.15) is 5.69 Å². The van der Waals surface area contributed by atoms with Crippen LogP contribution in [0, 0.1) is 0 Å². The van der Waals surface area contributed by atoms with Gasteiger partial charge in [0, 0.05) is 17.6 Å².